The van der Waals surface area contributed by atoms with Crippen LogP contribution in [0.2, 0.25) is 0 Å². The van der Waals surface area contributed by atoms with Crippen LogP contribution in [0.4, 0.5) is 5.82 Å². The molecule has 1 fully saturated rings. The van der Waals surface area contributed by atoms with E-state index in [0.717, 1.165) is 31.0 Å². The Kier molecular flexibility index (Phi) is 4.59. The standard InChI is InChI=1S/C15H25N3/c1-3-14(16)13-8-9-15(17-12(13)2)18-10-6-4-5-7-11-18/h8-9,14H,3-7,10-11,16H2,1-2H3. The van der Waals surface area contributed by atoms with Crippen LogP contribution in [0.5, 0.6) is 0 Å². The van der Waals surface area contributed by atoms with Gasteiger partial charge in [-0.05, 0) is 37.8 Å². The van der Waals surface area contributed by atoms with Crippen LogP contribution in [0.15, 0.2) is 12.1 Å². The second-order valence-corrected chi connectivity index (χ2v) is 5.26. The number of nitrogens with zero attached hydrogens (tertiary/aromatic N) is 2. The molecule has 3 heteroatoms. The largest absolute Gasteiger partial charge is 0.357 e. The second kappa shape index (κ2) is 6.19. The topological polar surface area (TPSA) is 42.1 Å². The molecule has 0 aliphatic carbocycles. The molecule has 100 valence electrons. The molecule has 1 aromatic heterocycles. The molecule has 2 rings (SSSR count). The zero-order valence-electron chi connectivity index (χ0n) is 11.7. The van der Waals surface area contributed by atoms with Crippen LogP contribution < -0.4 is 10.6 Å². The summed E-state index contributed by atoms with van der Waals surface area (Å²) in [4.78, 5) is 7.17. The maximum absolute atomic E-state index is 6.10. The summed E-state index contributed by atoms with van der Waals surface area (Å²) >= 11 is 0. The van der Waals surface area contributed by atoms with Crippen molar-refractivity contribution in [3.8, 4) is 0 Å². The van der Waals surface area contributed by atoms with Crippen LogP contribution in [0.25, 0.3) is 0 Å². The Morgan fingerprint density at radius 2 is 1.89 bits per heavy atom. The predicted octanol–water partition coefficient (Wildman–Crippen LogP) is 3.18. The molecule has 2 N–H and O–H groups in total. The lowest BCUT2D eigenvalue weighted by molar-refractivity contribution is 0.686. The summed E-state index contributed by atoms with van der Waals surface area (Å²) in [6.45, 7) is 6.48. The molecule has 0 radical (unpaired) electrons. The van der Waals surface area contributed by atoms with Crippen molar-refractivity contribution in [2.75, 3.05) is 18.0 Å². The summed E-state index contributed by atoms with van der Waals surface area (Å²) < 4.78 is 0. The van der Waals surface area contributed by atoms with Gasteiger partial charge in [-0.2, -0.15) is 0 Å². The maximum atomic E-state index is 6.10. The van der Waals surface area contributed by atoms with Gasteiger partial charge in [0.1, 0.15) is 5.82 Å². The normalized spacial score (nSPS) is 18.5. The Morgan fingerprint density at radius 3 is 2.44 bits per heavy atom. The number of rotatable bonds is 3. The van der Waals surface area contributed by atoms with Crippen LogP contribution in [0, 0.1) is 6.92 Å². The van der Waals surface area contributed by atoms with Crippen molar-refractivity contribution in [2.45, 2.75) is 52.0 Å². The third kappa shape index (κ3) is 3.02. The van der Waals surface area contributed by atoms with Gasteiger partial charge in [0.15, 0.2) is 0 Å². The SMILES string of the molecule is CCC(N)c1ccc(N2CCCCCC2)nc1C. The molecule has 0 bridgehead atoms. The number of nitrogens with two attached hydrogens (primary N) is 1. The molecule has 1 saturated heterocycles. The minimum absolute atomic E-state index is 0.121. The maximum Gasteiger partial charge on any atom is 0.128 e. The van der Waals surface area contributed by atoms with Crippen LogP contribution in [0.3, 0.4) is 0 Å². The molecule has 0 saturated carbocycles. The van der Waals surface area contributed by atoms with Crippen molar-refractivity contribution < 1.29 is 0 Å². The molecule has 0 amide bonds. The zero-order valence-corrected chi connectivity index (χ0v) is 11.7. The van der Waals surface area contributed by atoms with Crippen molar-refractivity contribution in [3.05, 3.63) is 23.4 Å². The molecular weight excluding hydrogens is 222 g/mol. The fraction of sp³-hybridized carbons (Fsp3) is 0.667. The Labute approximate surface area is 110 Å². The Bertz CT molecular complexity index is 381. The fourth-order valence-electron chi connectivity index (χ4n) is 2.65. The van der Waals surface area contributed by atoms with Crippen LogP contribution in [-0.2, 0) is 0 Å². The molecular formula is C15H25N3. The summed E-state index contributed by atoms with van der Waals surface area (Å²) in [6.07, 6.45) is 6.25. The van der Waals surface area contributed by atoms with Gasteiger partial charge in [0, 0.05) is 24.8 Å². The first-order valence-corrected chi connectivity index (χ1v) is 7.20. The van der Waals surface area contributed by atoms with E-state index in [2.05, 4.69) is 30.9 Å². The zero-order chi connectivity index (χ0) is 13.0. The average molecular weight is 247 g/mol. The van der Waals surface area contributed by atoms with Crippen molar-refractivity contribution in [2.24, 2.45) is 5.73 Å². The predicted molar refractivity (Wildman–Crippen MR) is 76.9 cm³/mol. The van der Waals surface area contributed by atoms with Crippen LogP contribution >= 0.6 is 0 Å². The number of aryl methyl sites for hydroxylation is 1. The Balaban J connectivity index is 2.16. The van der Waals surface area contributed by atoms with Crippen molar-refractivity contribution in [1.29, 1.82) is 0 Å². The van der Waals surface area contributed by atoms with Gasteiger partial charge < -0.3 is 10.6 Å². The first-order valence-electron chi connectivity index (χ1n) is 7.20. The minimum atomic E-state index is 0.121. The number of anilines is 1. The molecule has 1 atom stereocenters. The van der Waals surface area contributed by atoms with E-state index in [1.54, 1.807) is 0 Å². The van der Waals surface area contributed by atoms with Crippen molar-refractivity contribution in [1.82, 2.24) is 4.98 Å². The number of aromatic nitrogens is 1. The lowest BCUT2D eigenvalue weighted by Gasteiger charge is -2.23. The van der Waals surface area contributed by atoms with Gasteiger partial charge in [-0.25, -0.2) is 4.98 Å². The van der Waals surface area contributed by atoms with Crippen molar-refractivity contribution in [3.63, 3.8) is 0 Å². The molecule has 2 heterocycles. The third-order valence-electron chi connectivity index (χ3n) is 3.88. The molecule has 1 aliphatic heterocycles. The summed E-state index contributed by atoms with van der Waals surface area (Å²) in [7, 11) is 0. The molecule has 0 aromatic carbocycles. The Hall–Kier alpha value is -1.09. The van der Waals surface area contributed by atoms with E-state index in [9.17, 15) is 0 Å². The Morgan fingerprint density at radius 1 is 1.22 bits per heavy atom. The highest BCUT2D eigenvalue weighted by Gasteiger charge is 2.13. The van der Waals surface area contributed by atoms with Gasteiger partial charge in [-0.15, -0.1) is 0 Å². The van der Waals surface area contributed by atoms with Crippen molar-refractivity contribution >= 4 is 5.82 Å². The molecule has 0 spiro atoms. The van der Waals surface area contributed by atoms with E-state index < -0.39 is 0 Å². The highest BCUT2D eigenvalue weighted by Crippen LogP contribution is 2.22. The first kappa shape index (κ1) is 13.3. The van der Waals surface area contributed by atoms with Gasteiger partial charge in [-0.3, -0.25) is 0 Å². The third-order valence-corrected chi connectivity index (χ3v) is 3.88. The van der Waals surface area contributed by atoms with Gasteiger partial charge in [0.2, 0.25) is 0 Å². The summed E-state index contributed by atoms with van der Waals surface area (Å²) in [6, 6.07) is 4.43. The van der Waals surface area contributed by atoms with E-state index in [4.69, 9.17) is 10.7 Å². The quantitative estimate of drug-likeness (QED) is 0.892. The fourth-order valence-corrected chi connectivity index (χ4v) is 2.65. The van der Waals surface area contributed by atoms with Crippen LogP contribution in [0.1, 0.15) is 56.3 Å². The molecule has 1 aliphatic rings. The summed E-state index contributed by atoms with van der Waals surface area (Å²) in [5.41, 5.74) is 8.37. The highest BCUT2D eigenvalue weighted by atomic mass is 15.2. The average Bonchev–Trinajstić information content (AvgIpc) is 2.66. The molecule has 1 unspecified atom stereocenters. The first-order chi connectivity index (χ1) is 8.72. The monoisotopic (exact) mass is 247 g/mol. The lowest BCUT2D eigenvalue weighted by Crippen LogP contribution is -2.25. The number of pyridine rings is 1. The van der Waals surface area contributed by atoms with E-state index >= 15 is 0 Å². The van der Waals surface area contributed by atoms with E-state index in [1.165, 1.54) is 31.2 Å². The molecule has 3 nitrogen and oxygen atoms in total. The van der Waals surface area contributed by atoms with E-state index in [-0.39, 0.29) is 6.04 Å². The smallest absolute Gasteiger partial charge is 0.128 e. The molecule has 1 aromatic rings. The summed E-state index contributed by atoms with van der Waals surface area (Å²) in [5.74, 6) is 1.13. The molecule has 18 heavy (non-hydrogen) atoms. The van der Waals surface area contributed by atoms with E-state index in [0.29, 0.717) is 0 Å². The lowest BCUT2D eigenvalue weighted by atomic mass is 10.0. The summed E-state index contributed by atoms with van der Waals surface area (Å²) in [5, 5.41) is 0. The van der Waals surface area contributed by atoms with Gasteiger partial charge in [0.25, 0.3) is 0 Å². The number of hydrogen-bond donors (Lipinski definition) is 1. The van der Waals surface area contributed by atoms with E-state index in [1.807, 2.05) is 0 Å². The van der Waals surface area contributed by atoms with Gasteiger partial charge >= 0.3 is 0 Å². The van der Waals surface area contributed by atoms with Gasteiger partial charge in [0.05, 0.1) is 0 Å². The van der Waals surface area contributed by atoms with Gasteiger partial charge in [-0.1, -0.05) is 25.8 Å². The minimum Gasteiger partial charge on any atom is -0.357 e. The van der Waals surface area contributed by atoms with Crippen LogP contribution in [-0.4, -0.2) is 18.1 Å². The second-order valence-electron chi connectivity index (χ2n) is 5.26. The highest BCUT2D eigenvalue weighted by molar-refractivity contribution is 5.42. The number of hydrogen-bond acceptors (Lipinski definition) is 3.